The van der Waals surface area contributed by atoms with Crippen LogP contribution in [0.5, 0.6) is 0 Å². The van der Waals surface area contributed by atoms with Gasteiger partial charge in [-0.05, 0) is 18.2 Å². The summed E-state index contributed by atoms with van der Waals surface area (Å²) in [6.45, 7) is 0. The SMILES string of the molecule is NNc1nc(Sc2cccc(Br)c2)cc(C(F)(F)F)n1. The second kappa shape index (κ2) is 5.98. The monoisotopic (exact) mass is 364 g/mol. The van der Waals surface area contributed by atoms with Gasteiger partial charge in [-0.2, -0.15) is 13.2 Å². The van der Waals surface area contributed by atoms with Crippen LogP contribution in [-0.4, -0.2) is 9.97 Å². The smallest absolute Gasteiger partial charge is 0.292 e. The van der Waals surface area contributed by atoms with Crippen LogP contribution >= 0.6 is 27.7 Å². The van der Waals surface area contributed by atoms with Gasteiger partial charge in [0.25, 0.3) is 0 Å². The van der Waals surface area contributed by atoms with Gasteiger partial charge in [-0.1, -0.05) is 33.8 Å². The zero-order valence-electron chi connectivity index (χ0n) is 9.78. The number of nitrogens with two attached hydrogens (primary N) is 1. The maximum Gasteiger partial charge on any atom is 0.433 e. The summed E-state index contributed by atoms with van der Waals surface area (Å²) in [6, 6.07) is 8.01. The van der Waals surface area contributed by atoms with Crippen molar-refractivity contribution in [2.75, 3.05) is 5.43 Å². The van der Waals surface area contributed by atoms with Crippen LogP contribution in [0, 0.1) is 0 Å². The summed E-state index contributed by atoms with van der Waals surface area (Å²) >= 11 is 4.38. The average Bonchev–Trinajstić information content (AvgIpc) is 2.37. The van der Waals surface area contributed by atoms with Gasteiger partial charge in [-0.3, -0.25) is 5.43 Å². The number of benzene rings is 1. The van der Waals surface area contributed by atoms with Crippen LogP contribution in [0.25, 0.3) is 0 Å². The number of anilines is 1. The molecule has 0 spiro atoms. The molecule has 2 aromatic rings. The molecule has 0 radical (unpaired) electrons. The molecule has 0 amide bonds. The Kier molecular flexibility index (Phi) is 4.51. The Bertz CT molecular complexity index is 621. The number of hydrazine groups is 1. The van der Waals surface area contributed by atoms with Crippen LogP contribution in [0.1, 0.15) is 5.69 Å². The summed E-state index contributed by atoms with van der Waals surface area (Å²) in [5.41, 5.74) is 0.989. The molecule has 0 aliphatic rings. The minimum absolute atomic E-state index is 0.151. The first-order valence-corrected chi connectivity index (χ1v) is 6.86. The van der Waals surface area contributed by atoms with Crippen molar-refractivity contribution in [1.29, 1.82) is 0 Å². The summed E-state index contributed by atoms with van der Waals surface area (Å²) < 4.78 is 39.0. The van der Waals surface area contributed by atoms with E-state index in [0.29, 0.717) is 0 Å². The fourth-order valence-electron chi connectivity index (χ4n) is 1.34. The number of hydrogen-bond donors (Lipinski definition) is 2. The van der Waals surface area contributed by atoms with E-state index < -0.39 is 11.9 Å². The van der Waals surface area contributed by atoms with Crippen LogP contribution < -0.4 is 11.3 Å². The molecule has 0 aliphatic carbocycles. The minimum Gasteiger partial charge on any atom is -0.292 e. The zero-order valence-corrected chi connectivity index (χ0v) is 12.2. The molecule has 0 bridgehead atoms. The van der Waals surface area contributed by atoms with Crippen molar-refractivity contribution < 1.29 is 13.2 Å². The molecule has 1 aromatic heterocycles. The van der Waals surface area contributed by atoms with E-state index in [1.165, 1.54) is 0 Å². The van der Waals surface area contributed by atoms with Crippen molar-refractivity contribution in [3.63, 3.8) is 0 Å². The normalized spacial score (nSPS) is 11.4. The molecule has 0 saturated carbocycles. The van der Waals surface area contributed by atoms with Crippen molar-refractivity contribution in [2.24, 2.45) is 5.84 Å². The Hall–Kier alpha value is -1.32. The van der Waals surface area contributed by atoms with Gasteiger partial charge < -0.3 is 0 Å². The van der Waals surface area contributed by atoms with E-state index in [1.807, 2.05) is 11.5 Å². The predicted molar refractivity (Wildman–Crippen MR) is 73.1 cm³/mol. The molecular weight excluding hydrogens is 357 g/mol. The molecule has 0 atom stereocenters. The van der Waals surface area contributed by atoms with E-state index >= 15 is 0 Å². The van der Waals surface area contributed by atoms with Crippen molar-refractivity contribution in [1.82, 2.24) is 9.97 Å². The summed E-state index contributed by atoms with van der Waals surface area (Å²) in [4.78, 5) is 7.92. The number of rotatable bonds is 3. The fourth-order valence-corrected chi connectivity index (χ4v) is 2.77. The average molecular weight is 365 g/mol. The van der Waals surface area contributed by atoms with Gasteiger partial charge in [-0.15, -0.1) is 0 Å². The number of nitrogens with zero attached hydrogens (tertiary/aromatic N) is 2. The number of aromatic nitrogens is 2. The van der Waals surface area contributed by atoms with E-state index in [4.69, 9.17) is 5.84 Å². The molecule has 0 fully saturated rings. The highest BCUT2D eigenvalue weighted by molar-refractivity contribution is 9.10. The Morgan fingerprint density at radius 1 is 1.20 bits per heavy atom. The van der Waals surface area contributed by atoms with Gasteiger partial charge >= 0.3 is 6.18 Å². The maximum atomic E-state index is 12.7. The lowest BCUT2D eigenvalue weighted by molar-refractivity contribution is -0.141. The maximum absolute atomic E-state index is 12.7. The van der Waals surface area contributed by atoms with Crippen molar-refractivity contribution in [3.05, 3.63) is 40.5 Å². The van der Waals surface area contributed by atoms with Gasteiger partial charge in [0.15, 0.2) is 5.69 Å². The van der Waals surface area contributed by atoms with E-state index in [0.717, 1.165) is 27.2 Å². The third kappa shape index (κ3) is 3.84. The van der Waals surface area contributed by atoms with E-state index in [9.17, 15) is 13.2 Å². The molecule has 4 nitrogen and oxygen atoms in total. The first-order valence-electron chi connectivity index (χ1n) is 5.25. The van der Waals surface area contributed by atoms with Gasteiger partial charge in [-0.25, -0.2) is 15.8 Å². The molecule has 1 aromatic carbocycles. The Morgan fingerprint density at radius 3 is 2.55 bits per heavy atom. The highest BCUT2D eigenvalue weighted by Crippen LogP contribution is 2.33. The van der Waals surface area contributed by atoms with Crippen LogP contribution in [0.4, 0.5) is 19.1 Å². The number of halogens is 4. The van der Waals surface area contributed by atoms with Crippen LogP contribution in [0.3, 0.4) is 0 Å². The molecule has 9 heteroatoms. The van der Waals surface area contributed by atoms with Gasteiger partial charge in [0.1, 0.15) is 5.03 Å². The fraction of sp³-hybridized carbons (Fsp3) is 0.0909. The second-order valence-electron chi connectivity index (χ2n) is 3.62. The topological polar surface area (TPSA) is 63.8 Å². The zero-order chi connectivity index (χ0) is 14.8. The van der Waals surface area contributed by atoms with Crippen LogP contribution in [0.2, 0.25) is 0 Å². The first kappa shape index (κ1) is 15.1. The Labute approximate surface area is 125 Å². The van der Waals surface area contributed by atoms with Gasteiger partial charge in [0, 0.05) is 15.4 Å². The third-order valence-electron chi connectivity index (χ3n) is 2.14. The molecular formula is C11H8BrF3N4S. The largest absolute Gasteiger partial charge is 0.433 e. The van der Waals surface area contributed by atoms with Crippen molar-refractivity contribution in [3.8, 4) is 0 Å². The molecule has 20 heavy (non-hydrogen) atoms. The Morgan fingerprint density at radius 2 is 1.95 bits per heavy atom. The minimum atomic E-state index is -4.55. The third-order valence-corrected chi connectivity index (χ3v) is 3.54. The highest BCUT2D eigenvalue weighted by Gasteiger charge is 2.33. The number of nitrogen functional groups attached to an aromatic ring is 1. The molecule has 0 aliphatic heterocycles. The second-order valence-corrected chi connectivity index (χ2v) is 5.63. The lowest BCUT2D eigenvalue weighted by Gasteiger charge is -2.09. The molecule has 1 heterocycles. The van der Waals surface area contributed by atoms with Crippen LogP contribution in [0.15, 0.2) is 44.7 Å². The van der Waals surface area contributed by atoms with Gasteiger partial charge in [0.2, 0.25) is 5.95 Å². The first-order chi connectivity index (χ1) is 9.38. The van der Waals surface area contributed by atoms with E-state index in [2.05, 4.69) is 25.9 Å². The van der Waals surface area contributed by atoms with Crippen LogP contribution in [-0.2, 0) is 6.18 Å². The summed E-state index contributed by atoms with van der Waals surface area (Å²) in [7, 11) is 0. The quantitative estimate of drug-likeness (QED) is 0.494. The molecule has 0 saturated heterocycles. The number of hydrogen-bond acceptors (Lipinski definition) is 5. The Balaban J connectivity index is 2.36. The summed E-state index contributed by atoms with van der Waals surface area (Å²) in [5.74, 6) is 4.81. The number of alkyl halides is 3. The predicted octanol–water partition coefficient (Wildman–Crippen LogP) is 3.69. The molecule has 106 valence electrons. The lowest BCUT2D eigenvalue weighted by Crippen LogP contribution is -2.15. The standard InChI is InChI=1S/C11H8BrF3N4S/c12-6-2-1-3-7(4-6)20-9-5-8(11(13,14)15)17-10(18-9)19-16/h1-5H,16H2,(H,17,18,19). The lowest BCUT2D eigenvalue weighted by atomic mass is 10.4. The highest BCUT2D eigenvalue weighted by atomic mass is 79.9. The molecule has 3 N–H and O–H groups in total. The van der Waals surface area contributed by atoms with E-state index in [1.54, 1.807) is 18.2 Å². The molecule has 0 unspecified atom stereocenters. The van der Waals surface area contributed by atoms with Crippen molar-refractivity contribution >= 4 is 33.6 Å². The number of nitrogens with one attached hydrogen (secondary N) is 1. The van der Waals surface area contributed by atoms with Gasteiger partial charge in [0.05, 0.1) is 0 Å². The summed E-state index contributed by atoms with van der Waals surface area (Å²) in [6.07, 6.45) is -4.55. The summed E-state index contributed by atoms with van der Waals surface area (Å²) in [5, 5.41) is 0.151. The molecule has 2 rings (SSSR count). The van der Waals surface area contributed by atoms with E-state index in [-0.39, 0.29) is 11.0 Å². The van der Waals surface area contributed by atoms with Crippen molar-refractivity contribution in [2.45, 2.75) is 16.1 Å².